The first-order valence-corrected chi connectivity index (χ1v) is 5.84. The highest BCUT2D eigenvalue weighted by Gasteiger charge is 2.22. The minimum Gasteiger partial charge on any atom is -0.504 e. The highest BCUT2D eigenvalue weighted by Crippen LogP contribution is 2.42. The number of benzene rings is 2. The minimum atomic E-state index is -0.764. The van der Waals surface area contributed by atoms with E-state index in [9.17, 15) is 20.1 Å². The van der Waals surface area contributed by atoms with Crippen LogP contribution in [0.3, 0.4) is 0 Å². The van der Waals surface area contributed by atoms with Crippen LogP contribution in [0.2, 0.25) is 5.02 Å². The second-order valence-electron chi connectivity index (χ2n) is 4.14. The van der Waals surface area contributed by atoms with Gasteiger partial charge in [0, 0.05) is 11.6 Å². The smallest absolute Gasteiger partial charge is 0.201 e. The second-order valence-corrected chi connectivity index (χ2v) is 4.55. The number of aryl methyl sites for hydroxylation is 1. The molecule has 0 saturated carbocycles. The second kappa shape index (κ2) is 4.82. The lowest BCUT2D eigenvalue weighted by atomic mass is 10.0. The molecule has 0 radical (unpaired) electrons. The maximum Gasteiger partial charge on any atom is 0.201 e. The van der Waals surface area contributed by atoms with E-state index in [1.165, 1.54) is 0 Å². The molecule has 0 saturated heterocycles. The zero-order valence-electron chi connectivity index (χ0n) is 10.0. The lowest BCUT2D eigenvalue weighted by Gasteiger charge is -2.09. The molecule has 0 unspecified atom stereocenters. The van der Waals surface area contributed by atoms with E-state index in [4.69, 9.17) is 11.6 Å². The summed E-state index contributed by atoms with van der Waals surface area (Å²) >= 11 is 5.83. The van der Waals surface area contributed by atoms with Crippen LogP contribution < -0.4 is 0 Å². The Kier molecular flexibility index (Phi) is 3.36. The molecule has 0 aliphatic carbocycles. The standard InChI is InChI=1S/C14H11ClO4/c1-7-2-4-8(5-3-7)12(17)11-9(15)6-10(16)13(18)14(11)19/h2-6,16,18-19H,1H3. The summed E-state index contributed by atoms with van der Waals surface area (Å²) < 4.78 is 0. The normalized spacial score (nSPS) is 10.4. The summed E-state index contributed by atoms with van der Waals surface area (Å²) in [6, 6.07) is 7.70. The summed E-state index contributed by atoms with van der Waals surface area (Å²) in [5.74, 6) is -2.60. The van der Waals surface area contributed by atoms with Crippen LogP contribution in [0, 0.1) is 6.92 Å². The lowest BCUT2D eigenvalue weighted by Crippen LogP contribution is -2.03. The molecule has 0 fully saturated rings. The number of aromatic hydroxyl groups is 3. The number of halogens is 1. The number of carbonyl (C=O) groups is 1. The summed E-state index contributed by atoms with van der Waals surface area (Å²) in [5, 5.41) is 28.3. The maximum atomic E-state index is 12.2. The third kappa shape index (κ3) is 2.35. The molecule has 3 N–H and O–H groups in total. The van der Waals surface area contributed by atoms with Gasteiger partial charge in [-0.25, -0.2) is 0 Å². The first kappa shape index (κ1) is 13.2. The van der Waals surface area contributed by atoms with Gasteiger partial charge in [-0.2, -0.15) is 0 Å². The molecule has 19 heavy (non-hydrogen) atoms. The fraction of sp³-hybridized carbons (Fsp3) is 0.0714. The largest absolute Gasteiger partial charge is 0.504 e. The van der Waals surface area contributed by atoms with Crippen LogP contribution in [-0.4, -0.2) is 21.1 Å². The Labute approximate surface area is 114 Å². The molecule has 0 aliphatic heterocycles. The fourth-order valence-electron chi connectivity index (χ4n) is 1.68. The van der Waals surface area contributed by atoms with Crippen molar-refractivity contribution in [2.24, 2.45) is 0 Å². The molecule has 0 aliphatic rings. The van der Waals surface area contributed by atoms with E-state index in [2.05, 4.69) is 0 Å². The van der Waals surface area contributed by atoms with Crippen LogP contribution in [0.5, 0.6) is 17.2 Å². The van der Waals surface area contributed by atoms with Crippen molar-refractivity contribution < 1.29 is 20.1 Å². The van der Waals surface area contributed by atoms with E-state index < -0.39 is 23.0 Å². The molecule has 0 heterocycles. The molecule has 0 atom stereocenters. The number of hydrogen-bond donors (Lipinski definition) is 3. The molecule has 0 aromatic heterocycles. The molecule has 98 valence electrons. The quantitative estimate of drug-likeness (QED) is 0.583. The summed E-state index contributed by atoms with van der Waals surface area (Å²) in [7, 11) is 0. The molecule has 2 aromatic carbocycles. The molecular weight excluding hydrogens is 268 g/mol. The van der Waals surface area contributed by atoms with Crippen molar-refractivity contribution >= 4 is 17.4 Å². The monoisotopic (exact) mass is 278 g/mol. The van der Waals surface area contributed by atoms with E-state index in [1.54, 1.807) is 24.3 Å². The van der Waals surface area contributed by atoms with Gasteiger partial charge in [-0.1, -0.05) is 41.4 Å². The Hall–Kier alpha value is -2.20. The Bertz CT molecular complexity index is 647. The Morgan fingerprint density at radius 1 is 1.05 bits per heavy atom. The third-order valence-corrected chi connectivity index (χ3v) is 3.04. The molecule has 4 nitrogen and oxygen atoms in total. The molecule has 0 amide bonds. The van der Waals surface area contributed by atoms with Gasteiger partial charge in [-0.05, 0) is 6.92 Å². The van der Waals surface area contributed by atoms with Crippen molar-refractivity contribution in [3.8, 4) is 17.2 Å². The van der Waals surface area contributed by atoms with Crippen molar-refractivity contribution in [2.75, 3.05) is 0 Å². The number of hydrogen-bond acceptors (Lipinski definition) is 4. The van der Waals surface area contributed by atoms with E-state index >= 15 is 0 Å². The van der Waals surface area contributed by atoms with Crippen molar-refractivity contribution in [1.82, 2.24) is 0 Å². The van der Waals surface area contributed by atoms with Gasteiger partial charge in [0.25, 0.3) is 0 Å². The highest BCUT2D eigenvalue weighted by atomic mass is 35.5. The summed E-state index contributed by atoms with van der Waals surface area (Å²) in [6.07, 6.45) is 0. The number of phenolic OH excluding ortho intramolecular Hbond substituents is 3. The fourth-order valence-corrected chi connectivity index (χ4v) is 1.96. The zero-order chi connectivity index (χ0) is 14.2. The van der Waals surface area contributed by atoms with Crippen molar-refractivity contribution in [1.29, 1.82) is 0 Å². The van der Waals surface area contributed by atoms with Gasteiger partial charge in [0.15, 0.2) is 17.3 Å². The molecule has 2 aromatic rings. The predicted octanol–water partition coefficient (Wildman–Crippen LogP) is 3.00. The van der Waals surface area contributed by atoms with Crippen molar-refractivity contribution in [3.63, 3.8) is 0 Å². The number of ketones is 1. The minimum absolute atomic E-state index is 0.127. The zero-order valence-corrected chi connectivity index (χ0v) is 10.8. The molecule has 5 heteroatoms. The first-order chi connectivity index (χ1) is 8.91. The Morgan fingerprint density at radius 2 is 1.63 bits per heavy atom. The third-order valence-electron chi connectivity index (χ3n) is 2.75. The summed E-state index contributed by atoms with van der Waals surface area (Å²) in [6.45, 7) is 1.88. The molecule has 2 rings (SSSR count). The highest BCUT2D eigenvalue weighted by molar-refractivity contribution is 6.35. The van der Waals surface area contributed by atoms with E-state index in [-0.39, 0.29) is 10.6 Å². The Morgan fingerprint density at radius 3 is 2.21 bits per heavy atom. The van der Waals surface area contributed by atoms with Gasteiger partial charge in [-0.15, -0.1) is 0 Å². The van der Waals surface area contributed by atoms with Crippen LogP contribution in [0.4, 0.5) is 0 Å². The van der Waals surface area contributed by atoms with Gasteiger partial charge in [0.2, 0.25) is 5.75 Å². The van der Waals surface area contributed by atoms with Gasteiger partial charge in [-0.3, -0.25) is 4.79 Å². The SMILES string of the molecule is Cc1ccc(C(=O)c2c(Cl)cc(O)c(O)c2O)cc1. The topological polar surface area (TPSA) is 77.8 Å². The van der Waals surface area contributed by atoms with E-state index in [0.717, 1.165) is 11.6 Å². The van der Waals surface area contributed by atoms with Crippen LogP contribution >= 0.6 is 11.6 Å². The van der Waals surface area contributed by atoms with Crippen LogP contribution in [0.1, 0.15) is 21.5 Å². The summed E-state index contributed by atoms with van der Waals surface area (Å²) in [4.78, 5) is 12.2. The molecule has 0 bridgehead atoms. The van der Waals surface area contributed by atoms with Crippen LogP contribution in [-0.2, 0) is 0 Å². The van der Waals surface area contributed by atoms with Gasteiger partial charge < -0.3 is 15.3 Å². The molecule has 0 spiro atoms. The van der Waals surface area contributed by atoms with Gasteiger partial charge >= 0.3 is 0 Å². The van der Waals surface area contributed by atoms with E-state index in [1.807, 2.05) is 6.92 Å². The lowest BCUT2D eigenvalue weighted by molar-refractivity contribution is 0.103. The van der Waals surface area contributed by atoms with Crippen molar-refractivity contribution in [2.45, 2.75) is 6.92 Å². The number of rotatable bonds is 2. The maximum absolute atomic E-state index is 12.2. The average Bonchev–Trinajstić information content (AvgIpc) is 2.37. The van der Waals surface area contributed by atoms with Crippen LogP contribution in [0.15, 0.2) is 30.3 Å². The number of carbonyl (C=O) groups excluding carboxylic acids is 1. The van der Waals surface area contributed by atoms with Gasteiger partial charge in [0.05, 0.1) is 10.6 Å². The average molecular weight is 279 g/mol. The van der Waals surface area contributed by atoms with E-state index in [0.29, 0.717) is 5.56 Å². The molecular formula is C14H11ClO4. The summed E-state index contributed by atoms with van der Waals surface area (Å²) in [5.41, 5.74) is 1.08. The Balaban J connectivity index is 2.56. The predicted molar refractivity (Wildman–Crippen MR) is 71.1 cm³/mol. The van der Waals surface area contributed by atoms with Crippen molar-refractivity contribution in [3.05, 3.63) is 52.0 Å². The van der Waals surface area contributed by atoms with Gasteiger partial charge in [0.1, 0.15) is 0 Å². The van der Waals surface area contributed by atoms with Crippen LogP contribution in [0.25, 0.3) is 0 Å². The first-order valence-electron chi connectivity index (χ1n) is 5.46. The number of phenols is 3.